The summed E-state index contributed by atoms with van der Waals surface area (Å²) in [5, 5.41) is 0. The predicted octanol–water partition coefficient (Wildman–Crippen LogP) is 14.4. The molecule has 0 atom stereocenters. The Morgan fingerprint density at radius 2 is 0.500 bits per heavy atom. The molecule has 0 spiro atoms. The third-order valence-electron chi connectivity index (χ3n) is 14.7. The zero-order chi connectivity index (χ0) is 63.5. The van der Waals surface area contributed by atoms with Gasteiger partial charge in [-0.05, 0) is 77.2 Å². The van der Waals surface area contributed by atoms with Gasteiger partial charge in [0.1, 0.15) is 18.1 Å². The van der Waals surface area contributed by atoms with Crippen LogP contribution in [0, 0.1) is 0 Å². The lowest BCUT2D eigenvalue weighted by molar-refractivity contribution is -0.0282. The van der Waals surface area contributed by atoms with Crippen LogP contribution in [0.25, 0.3) is 22.3 Å². The summed E-state index contributed by atoms with van der Waals surface area (Å²) in [6.07, 6.45) is 26.8. The Kier molecular flexibility index (Phi) is 49.0. The normalized spacial score (nSPS) is 11.4. The Bertz CT molecular complexity index is 2250. The average Bonchev–Trinajstić information content (AvgIpc) is 3.14. The van der Waals surface area contributed by atoms with E-state index in [4.69, 9.17) is 71.1 Å². The molecule has 0 saturated heterocycles. The highest BCUT2D eigenvalue weighted by Crippen LogP contribution is 2.26. The van der Waals surface area contributed by atoms with Crippen molar-refractivity contribution < 1.29 is 80.6 Å². The monoisotopic (exact) mass is 1260 g/mol. The summed E-state index contributed by atoms with van der Waals surface area (Å²) in [7, 11) is 1.64. The van der Waals surface area contributed by atoms with Gasteiger partial charge in [-0.15, -0.1) is 0 Å². The zero-order valence-corrected chi connectivity index (χ0v) is 55.0. The van der Waals surface area contributed by atoms with E-state index in [9.17, 15) is 9.59 Å². The molecule has 17 nitrogen and oxygen atoms in total. The fraction of sp³-hybridized carbons (Fsp3) is 0.644. The number of benzene rings is 4. The van der Waals surface area contributed by atoms with Crippen LogP contribution in [-0.4, -0.2) is 184 Å². The molecule has 0 aliphatic rings. The van der Waals surface area contributed by atoms with Gasteiger partial charge in [0.25, 0.3) is 0 Å². The van der Waals surface area contributed by atoms with E-state index in [-0.39, 0.29) is 5.97 Å². The van der Waals surface area contributed by atoms with Gasteiger partial charge >= 0.3 is 11.9 Å². The van der Waals surface area contributed by atoms with E-state index in [1.807, 2.05) is 60.7 Å². The van der Waals surface area contributed by atoms with Crippen LogP contribution in [0.1, 0.15) is 156 Å². The minimum atomic E-state index is -0.443. The van der Waals surface area contributed by atoms with Crippen LogP contribution in [-0.2, 0) is 61.6 Å². The van der Waals surface area contributed by atoms with E-state index in [0.717, 1.165) is 40.8 Å². The van der Waals surface area contributed by atoms with Crippen molar-refractivity contribution in [3.05, 3.63) is 108 Å². The molecule has 4 aromatic carbocycles. The molecule has 0 bridgehead atoms. The summed E-state index contributed by atoms with van der Waals surface area (Å²) < 4.78 is 82.7. The Balaban J connectivity index is 0.888. The van der Waals surface area contributed by atoms with E-state index >= 15 is 0 Å². The SMILES string of the molecule is CCCCCCCCCCCCCCCCCCCCCCOC(=O)c1ccc(-c2ccc(OC(=O)c3ccc(-c4ccc(OCCOCCOCCOCCOCCOCCOCCOCCOCCOCCOCCOCCOC)cc4)cc3)cc2)cc1. The molecular weight excluding hydrogens is 1150 g/mol. The highest BCUT2D eigenvalue weighted by molar-refractivity contribution is 5.92. The number of ether oxygens (including phenoxy) is 15. The van der Waals surface area contributed by atoms with Gasteiger partial charge < -0.3 is 71.1 Å². The van der Waals surface area contributed by atoms with Crippen molar-refractivity contribution >= 4 is 11.9 Å². The minimum Gasteiger partial charge on any atom is -0.491 e. The highest BCUT2D eigenvalue weighted by atomic mass is 16.6. The Hall–Kier alpha value is -4.86. The second-order valence-electron chi connectivity index (χ2n) is 22.0. The van der Waals surface area contributed by atoms with E-state index < -0.39 is 5.97 Å². The first-order valence-corrected chi connectivity index (χ1v) is 33.8. The number of hydrogen-bond acceptors (Lipinski definition) is 17. The van der Waals surface area contributed by atoms with E-state index in [2.05, 4.69) is 6.92 Å². The quantitative estimate of drug-likeness (QED) is 0.0232. The minimum absolute atomic E-state index is 0.293. The lowest BCUT2D eigenvalue weighted by Crippen LogP contribution is -2.15. The van der Waals surface area contributed by atoms with Crippen LogP contribution in [0.5, 0.6) is 11.5 Å². The highest BCUT2D eigenvalue weighted by Gasteiger charge is 2.12. The molecule has 4 rings (SSSR count). The van der Waals surface area contributed by atoms with Gasteiger partial charge in [0.05, 0.1) is 170 Å². The molecule has 0 aromatic heterocycles. The Labute approximate surface area is 540 Å². The van der Waals surface area contributed by atoms with Gasteiger partial charge in [-0.2, -0.15) is 0 Å². The van der Waals surface area contributed by atoms with Gasteiger partial charge in [-0.1, -0.05) is 177 Å². The molecule has 90 heavy (non-hydrogen) atoms. The number of methoxy groups -OCH3 is 1. The van der Waals surface area contributed by atoms with Crippen LogP contribution in [0.4, 0.5) is 0 Å². The summed E-state index contributed by atoms with van der Waals surface area (Å²) in [6, 6.07) is 29.9. The lowest BCUT2D eigenvalue weighted by atomic mass is 10.0. The molecule has 0 heterocycles. The first-order valence-electron chi connectivity index (χ1n) is 33.8. The molecule has 4 aromatic rings. The fourth-order valence-electron chi connectivity index (χ4n) is 9.49. The summed E-state index contributed by atoms with van der Waals surface area (Å²) in [5.74, 6) is 0.440. The molecule has 0 amide bonds. The van der Waals surface area contributed by atoms with Crippen molar-refractivity contribution in [3.8, 4) is 33.8 Å². The third-order valence-corrected chi connectivity index (χ3v) is 14.7. The molecular formula is C73H112O17. The third kappa shape index (κ3) is 41.6. The number of carbonyl (C=O) groups is 2. The average molecular weight is 1260 g/mol. The molecule has 0 aliphatic carbocycles. The fourth-order valence-corrected chi connectivity index (χ4v) is 9.49. The first-order chi connectivity index (χ1) is 44.6. The second-order valence-corrected chi connectivity index (χ2v) is 22.0. The van der Waals surface area contributed by atoms with E-state index in [1.54, 1.807) is 43.5 Å². The maximum atomic E-state index is 13.1. The topological polar surface area (TPSA) is 173 Å². The van der Waals surface area contributed by atoms with Crippen molar-refractivity contribution in [1.82, 2.24) is 0 Å². The van der Waals surface area contributed by atoms with Crippen molar-refractivity contribution in [3.63, 3.8) is 0 Å². The summed E-state index contributed by atoms with van der Waals surface area (Å²) in [4.78, 5) is 25.8. The standard InChI is InChI=1S/C73H112O17/c1-3-4-5-6-7-8-9-10-11-12-13-14-15-16-17-18-19-20-21-22-39-89-72(74)68-27-23-64(24-28-68)67-33-37-71(38-34-67)90-73(75)69-29-25-65(26-30-69)66-31-35-70(36-32-66)88-63-62-87-61-60-86-59-58-85-57-56-84-55-54-83-53-52-82-51-50-81-49-48-80-47-46-79-45-44-78-43-42-77-41-40-76-2/h23-38H,3-22,39-63H2,1-2H3. The predicted molar refractivity (Wildman–Crippen MR) is 353 cm³/mol. The number of hydrogen-bond donors (Lipinski definition) is 0. The lowest BCUT2D eigenvalue weighted by Gasteiger charge is -2.10. The maximum Gasteiger partial charge on any atom is 0.343 e. The van der Waals surface area contributed by atoms with Crippen LogP contribution in [0.15, 0.2) is 97.1 Å². The Morgan fingerprint density at radius 3 is 0.800 bits per heavy atom. The second kappa shape index (κ2) is 56.9. The van der Waals surface area contributed by atoms with Crippen molar-refractivity contribution in [2.45, 2.75) is 135 Å². The number of rotatable bonds is 63. The van der Waals surface area contributed by atoms with Crippen LogP contribution in [0.3, 0.4) is 0 Å². The molecule has 17 heteroatoms. The van der Waals surface area contributed by atoms with Crippen LogP contribution < -0.4 is 9.47 Å². The first kappa shape index (κ1) is 77.6. The molecule has 0 radical (unpaired) electrons. The van der Waals surface area contributed by atoms with Crippen LogP contribution in [0.2, 0.25) is 0 Å². The molecule has 506 valence electrons. The van der Waals surface area contributed by atoms with Crippen molar-refractivity contribution in [2.24, 2.45) is 0 Å². The van der Waals surface area contributed by atoms with Crippen molar-refractivity contribution in [2.75, 3.05) is 172 Å². The maximum absolute atomic E-state index is 13.1. The van der Waals surface area contributed by atoms with Crippen LogP contribution >= 0.6 is 0 Å². The number of unbranched alkanes of at least 4 members (excludes halogenated alkanes) is 19. The Morgan fingerprint density at radius 1 is 0.256 bits per heavy atom. The smallest absolute Gasteiger partial charge is 0.343 e. The molecule has 0 saturated carbocycles. The van der Waals surface area contributed by atoms with Gasteiger partial charge in [0.15, 0.2) is 0 Å². The molecule has 0 N–H and O–H groups in total. The summed E-state index contributed by atoms with van der Waals surface area (Å²) in [6.45, 7) is 14.6. The van der Waals surface area contributed by atoms with Gasteiger partial charge in [0.2, 0.25) is 0 Å². The molecule has 0 unspecified atom stereocenters. The molecule has 0 fully saturated rings. The van der Waals surface area contributed by atoms with Crippen molar-refractivity contribution in [1.29, 1.82) is 0 Å². The number of carbonyl (C=O) groups excluding carboxylic acids is 2. The zero-order valence-electron chi connectivity index (χ0n) is 55.0. The largest absolute Gasteiger partial charge is 0.491 e. The van der Waals surface area contributed by atoms with Gasteiger partial charge in [-0.3, -0.25) is 0 Å². The van der Waals surface area contributed by atoms with E-state index in [1.165, 1.54) is 116 Å². The number of esters is 2. The summed E-state index contributed by atoms with van der Waals surface area (Å²) >= 11 is 0. The van der Waals surface area contributed by atoms with Gasteiger partial charge in [-0.25, -0.2) is 9.59 Å². The van der Waals surface area contributed by atoms with Gasteiger partial charge in [0, 0.05) is 7.11 Å². The molecule has 0 aliphatic heterocycles. The summed E-state index contributed by atoms with van der Waals surface area (Å²) in [5.41, 5.74) is 4.82. The van der Waals surface area contributed by atoms with E-state index in [0.29, 0.717) is 182 Å².